The minimum atomic E-state index is -0.0803. The van der Waals surface area contributed by atoms with Crippen molar-refractivity contribution in [3.63, 3.8) is 0 Å². The molecule has 3 aromatic carbocycles. The molecule has 0 radical (unpaired) electrons. The zero-order chi connectivity index (χ0) is 21.5. The minimum Gasteiger partial charge on any atom is -0.494 e. The number of aromatic nitrogens is 1. The molecule has 0 spiro atoms. The van der Waals surface area contributed by atoms with Crippen LogP contribution >= 0.6 is 11.3 Å². The normalized spacial score (nSPS) is 10.6. The number of nitrogens with zero attached hydrogens (tertiary/aromatic N) is 1. The second kappa shape index (κ2) is 10.0. The Labute approximate surface area is 186 Å². The Hall–Kier alpha value is -3.44. The Balaban J connectivity index is 1.34. The molecule has 156 valence electrons. The molecule has 4 rings (SSSR count). The van der Waals surface area contributed by atoms with Gasteiger partial charge < -0.3 is 10.1 Å². The van der Waals surface area contributed by atoms with E-state index in [0.717, 1.165) is 29.0 Å². The lowest BCUT2D eigenvalue weighted by molar-refractivity contribution is -0.115. The monoisotopic (exact) mass is 428 g/mol. The van der Waals surface area contributed by atoms with Crippen molar-refractivity contribution in [2.24, 2.45) is 0 Å². The van der Waals surface area contributed by atoms with Crippen LogP contribution in [0, 0.1) is 0 Å². The van der Waals surface area contributed by atoms with E-state index in [2.05, 4.69) is 58.8 Å². The number of rotatable bonds is 8. The van der Waals surface area contributed by atoms with E-state index < -0.39 is 0 Å². The van der Waals surface area contributed by atoms with Crippen LogP contribution in [0.3, 0.4) is 0 Å². The van der Waals surface area contributed by atoms with Crippen molar-refractivity contribution >= 4 is 22.4 Å². The fraction of sp³-hybridized carbons (Fsp3) is 0.154. The van der Waals surface area contributed by atoms with E-state index in [0.29, 0.717) is 18.2 Å². The molecule has 0 bridgehead atoms. The smallest absolute Gasteiger partial charge is 0.230 e. The Morgan fingerprint density at radius 1 is 0.903 bits per heavy atom. The molecule has 0 aliphatic rings. The first-order valence-electron chi connectivity index (χ1n) is 10.3. The third kappa shape index (κ3) is 5.80. The summed E-state index contributed by atoms with van der Waals surface area (Å²) >= 11 is 1.44. The number of ether oxygens (including phenoxy) is 1. The van der Waals surface area contributed by atoms with Gasteiger partial charge in [-0.3, -0.25) is 4.79 Å². The zero-order valence-corrected chi connectivity index (χ0v) is 18.2. The molecule has 0 aliphatic carbocycles. The highest BCUT2D eigenvalue weighted by Crippen LogP contribution is 2.26. The lowest BCUT2D eigenvalue weighted by Gasteiger charge is -2.05. The molecule has 0 aliphatic heterocycles. The van der Waals surface area contributed by atoms with Gasteiger partial charge in [0.15, 0.2) is 5.13 Å². The summed E-state index contributed by atoms with van der Waals surface area (Å²) in [7, 11) is 0. The summed E-state index contributed by atoms with van der Waals surface area (Å²) in [5.74, 6) is 0.731. The van der Waals surface area contributed by atoms with Crippen molar-refractivity contribution in [3.05, 3.63) is 101 Å². The van der Waals surface area contributed by atoms with Crippen LogP contribution in [-0.2, 0) is 17.6 Å². The maximum absolute atomic E-state index is 12.4. The molecule has 1 N–H and O–H groups in total. The van der Waals surface area contributed by atoms with Crippen LogP contribution in [0.2, 0.25) is 0 Å². The molecule has 0 saturated heterocycles. The first kappa shape index (κ1) is 20.8. The van der Waals surface area contributed by atoms with Gasteiger partial charge in [-0.25, -0.2) is 4.98 Å². The van der Waals surface area contributed by atoms with Crippen molar-refractivity contribution < 1.29 is 9.53 Å². The average Bonchev–Trinajstić information content (AvgIpc) is 3.25. The Morgan fingerprint density at radius 2 is 1.58 bits per heavy atom. The van der Waals surface area contributed by atoms with Crippen LogP contribution < -0.4 is 10.1 Å². The predicted molar refractivity (Wildman–Crippen MR) is 127 cm³/mol. The number of anilines is 1. The lowest BCUT2D eigenvalue weighted by atomic mass is 10.0. The highest BCUT2D eigenvalue weighted by Gasteiger charge is 2.09. The highest BCUT2D eigenvalue weighted by molar-refractivity contribution is 7.14. The van der Waals surface area contributed by atoms with Gasteiger partial charge >= 0.3 is 0 Å². The summed E-state index contributed by atoms with van der Waals surface area (Å²) in [4.78, 5) is 17.0. The van der Waals surface area contributed by atoms with Gasteiger partial charge in [0.05, 0.1) is 18.7 Å². The first-order chi connectivity index (χ1) is 15.2. The fourth-order valence-corrected chi connectivity index (χ4v) is 4.04. The summed E-state index contributed by atoms with van der Waals surface area (Å²) in [6, 6.07) is 26.4. The molecular formula is C26H24N2O2S. The highest BCUT2D eigenvalue weighted by atomic mass is 32.1. The van der Waals surface area contributed by atoms with Crippen LogP contribution in [0.5, 0.6) is 5.75 Å². The summed E-state index contributed by atoms with van der Waals surface area (Å²) in [6.45, 7) is 2.57. The van der Waals surface area contributed by atoms with E-state index >= 15 is 0 Å². The number of benzene rings is 3. The number of hydrogen-bond donors (Lipinski definition) is 1. The fourth-order valence-electron chi connectivity index (χ4n) is 3.31. The van der Waals surface area contributed by atoms with Crippen LogP contribution in [-0.4, -0.2) is 17.5 Å². The van der Waals surface area contributed by atoms with Crippen LogP contribution in [0.1, 0.15) is 23.6 Å². The van der Waals surface area contributed by atoms with Crippen molar-refractivity contribution in [2.45, 2.75) is 19.8 Å². The molecule has 0 fully saturated rings. The molecule has 1 heterocycles. The van der Waals surface area contributed by atoms with Crippen molar-refractivity contribution in [2.75, 3.05) is 11.9 Å². The summed E-state index contributed by atoms with van der Waals surface area (Å²) < 4.78 is 5.43. The number of hydrogen-bond acceptors (Lipinski definition) is 4. The number of carbonyl (C=O) groups excluding carboxylic acids is 1. The topological polar surface area (TPSA) is 51.2 Å². The minimum absolute atomic E-state index is 0.0803. The maximum atomic E-state index is 12.4. The number of nitrogens with one attached hydrogen (secondary N) is 1. The van der Waals surface area contributed by atoms with Crippen LogP contribution in [0.25, 0.3) is 11.3 Å². The Kier molecular flexibility index (Phi) is 6.75. The Morgan fingerprint density at radius 3 is 2.29 bits per heavy atom. The average molecular weight is 429 g/mol. The van der Waals surface area contributed by atoms with E-state index in [1.807, 2.05) is 42.6 Å². The summed E-state index contributed by atoms with van der Waals surface area (Å²) in [5.41, 5.74) is 5.40. The van der Waals surface area contributed by atoms with Gasteiger partial charge in [0.25, 0.3) is 0 Å². The van der Waals surface area contributed by atoms with Crippen LogP contribution in [0.4, 0.5) is 5.13 Å². The molecule has 4 aromatic rings. The quantitative estimate of drug-likeness (QED) is 0.375. The summed E-state index contributed by atoms with van der Waals surface area (Å²) in [5, 5.41) is 5.48. The van der Waals surface area contributed by atoms with Gasteiger partial charge in [0, 0.05) is 10.9 Å². The van der Waals surface area contributed by atoms with Gasteiger partial charge in [-0.05, 0) is 42.2 Å². The van der Waals surface area contributed by atoms with Gasteiger partial charge in [-0.2, -0.15) is 0 Å². The van der Waals surface area contributed by atoms with Gasteiger partial charge in [-0.1, -0.05) is 66.7 Å². The van der Waals surface area contributed by atoms with E-state index in [9.17, 15) is 4.79 Å². The molecular weight excluding hydrogens is 404 g/mol. The van der Waals surface area contributed by atoms with E-state index in [1.165, 1.54) is 22.5 Å². The van der Waals surface area contributed by atoms with Crippen molar-refractivity contribution in [1.82, 2.24) is 4.98 Å². The molecule has 0 unspecified atom stereocenters. The predicted octanol–water partition coefficient (Wildman–Crippen LogP) is 5.98. The molecule has 5 heteroatoms. The van der Waals surface area contributed by atoms with Crippen molar-refractivity contribution in [3.8, 4) is 17.0 Å². The second-order valence-corrected chi connectivity index (χ2v) is 8.06. The van der Waals surface area contributed by atoms with Gasteiger partial charge in [0.1, 0.15) is 5.75 Å². The third-order valence-corrected chi connectivity index (χ3v) is 5.61. The number of carbonyl (C=O) groups is 1. The van der Waals surface area contributed by atoms with E-state index in [1.54, 1.807) is 0 Å². The summed E-state index contributed by atoms with van der Waals surface area (Å²) in [6.07, 6.45) is 1.21. The SMILES string of the molecule is CCOc1ccc(CC(=O)Nc2nc(-c3ccc(Cc4ccccc4)cc3)cs2)cc1. The standard InChI is InChI=1S/C26H24N2O2S/c1-2-30-23-14-10-21(11-15-23)17-25(29)28-26-27-24(18-31-26)22-12-8-20(9-13-22)16-19-6-4-3-5-7-19/h3-15,18H,2,16-17H2,1H3,(H,27,28,29). The van der Waals surface area contributed by atoms with E-state index in [-0.39, 0.29) is 5.91 Å². The van der Waals surface area contributed by atoms with Gasteiger partial charge in [0.2, 0.25) is 5.91 Å². The lowest BCUT2D eigenvalue weighted by Crippen LogP contribution is -2.14. The maximum Gasteiger partial charge on any atom is 0.230 e. The van der Waals surface area contributed by atoms with E-state index in [4.69, 9.17) is 4.74 Å². The largest absolute Gasteiger partial charge is 0.494 e. The second-order valence-electron chi connectivity index (χ2n) is 7.20. The first-order valence-corrected chi connectivity index (χ1v) is 11.2. The third-order valence-electron chi connectivity index (χ3n) is 4.85. The molecule has 4 nitrogen and oxygen atoms in total. The molecule has 0 saturated carbocycles. The molecule has 1 aromatic heterocycles. The molecule has 0 atom stereocenters. The zero-order valence-electron chi connectivity index (χ0n) is 17.4. The molecule has 1 amide bonds. The molecule has 31 heavy (non-hydrogen) atoms. The van der Waals surface area contributed by atoms with Crippen molar-refractivity contribution in [1.29, 1.82) is 0 Å². The number of thiazole rings is 1. The van der Waals surface area contributed by atoms with Gasteiger partial charge in [-0.15, -0.1) is 11.3 Å². The number of amides is 1. The Bertz CT molecular complexity index is 1120. The van der Waals surface area contributed by atoms with Crippen LogP contribution in [0.15, 0.2) is 84.2 Å².